The molecule has 6 atom stereocenters. The molecular weight excluding hydrogens is 910 g/mol. The summed E-state index contributed by atoms with van der Waals surface area (Å²) >= 11 is 3.07. The Balaban J connectivity index is 1.12. The van der Waals surface area contributed by atoms with Gasteiger partial charge in [-0.05, 0) is 53.8 Å². The van der Waals surface area contributed by atoms with Gasteiger partial charge in [0.1, 0.15) is 29.3 Å². The molecule has 6 aromatic rings. The molecule has 2 bridgehead atoms. The third kappa shape index (κ3) is 10.3. The monoisotopic (exact) mass is 963 g/mol. The minimum absolute atomic E-state index is 0.0490. The van der Waals surface area contributed by atoms with Crippen LogP contribution in [0, 0.1) is 0 Å². The summed E-state index contributed by atoms with van der Waals surface area (Å²) in [6.07, 6.45) is 2.45. The highest BCUT2D eigenvalue weighted by Crippen LogP contribution is 2.58. The molecule has 4 aromatic carbocycles. The van der Waals surface area contributed by atoms with Crippen molar-refractivity contribution < 1.29 is 33.0 Å². The van der Waals surface area contributed by atoms with Crippen molar-refractivity contribution in [3.8, 4) is 11.5 Å². The van der Waals surface area contributed by atoms with Gasteiger partial charge in [0.15, 0.2) is 24.9 Å². The van der Waals surface area contributed by atoms with Crippen LogP contribution in [0.4, 0.5) is 5.95 Å². The molecule has 4 fully saturated rings. The van der Waals surface area contributed by atoms with Crippen LogP contribution in [-0.4, -0.2) is 124 Å². The average Bonchev–Trinajstić information content (AvgIpc) is 4.02. The summed E-state index contributed by atoms with van der Waals surface area (Å²) in [5.74, 6) is 2.89. The van der Waals surface area contributed by atoms with Gasteiger partial charge in [0.25, 0.3) is 5.56 Å². The molecule has 4 saturated heterocycles. The maximum absolute atomic E-state index is 13.4. The Hall–Kier alpha value is -5.10. The fourth-order valence-electron chi connectivity index (χ4n) is 8.69. The van der Waals surface area contributed by atoms with Gasteiger partial charge in [0, 0.05) is 50.7 Å². The van der Waals surface area contributed by atoms with Crippen LogP contribution in [0.5, 0.6) is 11.5 Å². The normalized spacial score (nSPS) is 21.4. The van der Waals surface area contributed by atoms with E-state index < -0.39 is 49.3 Å². The molecular formula is C49H54N7O8PS2. The number of nitrogens with zero attached hydrogens (tertiary/aromatic N) is 6. The number of aromatic amines is 1. The molecule has 0 aliphatic carbocycles. The highest BCUT2D eigenvalue weighted by atomic mass is 32.7. The second-order valence-electron chi connectivity index (χ2n) is 16.6. The van der Waals surface area contributed by atoms with Crippen LogP contribution in [0.2, 0.25) is 0 Å². The van der Waals surface area contributed by atoms with Gasteiger partial charge < -0.3 is 33.1 Å². The second kappa shape index (κ2) is 21.5. The van der Waals surface area contributed by atoms with Gasteiger partial charge in [-0.3, -0.25) is 23.8 Å². The van der Waals surface area contributed by atoms with E-state index in [1.54, 1.807) is 47.7 Å². The fraction of sp³-hybridized carbons (Fsp3) is 0.367. The minimum Gasteiger partial charge on any atom is -0.497 e. The largest absolute Gasteiger partial charge is 0.497 e. The standard InChI is InChI=1S/C49H54N7O8PS2/c1-54(2)31-51-48-52-44-42(45(57)53-48)50-32-56(44)46-43-40(64-65(55-25-11-12-26-55)67-28-27-66-47(58)33-13-7-5-8-14-33)29-39(41(62-46)30-61-43)63-49(34-15-9-6-10-16-34,35-17-21-37(59-3)22-18-35)36-19-23-38(60-4)24-20-36/h5-10,13-24,31-32,39-41,43,46H,11-12,25-30H2,1-4H3,(H,52,53,57)/t39?,40?,41?,43-,46+,65?/m0/s1. The summed E-state index contributed by atoms with van der Waals surface area (Å²) in [6.45, 7) is 2.02. The van der Waals surface area contributed by atoms with Crippen molar-refractivity contribution in [1.29, 1.82) is 0 Å². The topological polar surface area (TPSA) is 155 Å². The number of fused-ring (bicyclic) bond motifs is 5. The number of methoxy groups -OCH3 is 2. The van der Waals surface area contributed by atoms with Crippen molar-refractivity contribution in [1.82, 2.24) is 29.1 Å². The fourth-order valence-corrected chi connectivity index (χ4v) is 14.0. The number of H-pyrrole nitrogens is 1. The molecule has 15 nitrogen and oxygen atoms in total. The number of carbonyl (C=O) groups is 1. The van der Waals surface area contributed by atoms with E-state index in [4.69, 9.17) is 33.2 Å². The SMILES string of the molecule is COc1ccc(C(OC2CC(OP(SCCSC(=O)c3ccccc3)N3CCCC3)[C@@H]3OCC2O[C@H]3n2cnc3c(=O)[nH]c(N=CN(C)C)nc32)(c2ccccc2)c2ccc(OC)cc2)cc1. The first-order chi connectivity index (χ1) is 32.7. The number of hydrogen-bond donors (Lipinski definition) is 1. The van der Waals surface area contributed by atoms with Crippen molar-refractivity contribution in [2.75, 3.05) is 59.5 Å². The number of ether oxygens (including phenoxy) is 5. The van der Waals surface area contributed by atoms with E-state index in [0.717, 1.165) is 42.6 Å². The summed E-state index contributed by atoms with van der Waals surface area (Å²) in [6, 6.07) is 35.5. The summed E-state index contributed by atoms with van der Waals surface area (Å²) in [5.41, 5.74) is 2.23. The Morgan fingerprint density at radius 3 is 2.18 bits per heavy atom. The lowest BCUT2D eigenvalue weighted by molar-refractivity contribution is -0.233. The molecule has 0 amide bonds. The van der Waals surface area contributed by atoms with Crippen LogP contribution < -0.4 is 15.0 Å². The number of imidazole rings is 1. The van der Waals surface area contributed by atoms with E-state index in [2.05, 4.69) is 31.8 Å². The molecule has 0 radical (unpaired) electrons. The zero-order valence-electron chi connectivity index (χ0n) is 37.8. The van der Waals surface area contributed by atoms with Crippen molar-refractivity contribution in [3.05, 3.63) is 148 Å². The smallest absolute Gasteiger partial charge is 0.280 e. The summed E-state index contributed by atoms with van der Waals surface area (Å²) in [4.78, 5) is 44.7. The molecule has 18 heteroatoms. The second-order valence-corrected chi connectivity index (χ2v) is 21.3. The van der Waals surface area contributed by atoms with E-state index in [1.165, 1.54) is 11.8 Å². The Kier molecular flexibility index (Phi) is 15.1. The van der Waals surface area contributed by atoms with Crippen molar-refractivity contribution in [2.24, 2.45) is 4.99 Å². The Morgan fingerprint density at radius 1 is 0.896 bits per heavy atom. The molecule has 4 aliphatic rings. The van der Waals surface area contributed by atoms with E-state index in [0.29, 0.717) is 40.6 Å². The summed E-state index contributed by atoms with van der Waals surface area (Å²) in [7, 11) is 5.75. The third-order valence-corrected chi connectivity index (χ3v) is 17.2. The number of carbonyl (C=O) groups excluding carboxylic acids is 1. The molecule has 0 spiro atoms. The van der Waals surface area contributed by atoms with E-state index in [1.807, 2.05) is 111 Å². The van der Waals surface area contributed by atoms with Gasteiger partial charge in [-0.25, -0.2) is 9.98 Å². The van der Waals surface area contributed by atoms with Gasteiger partial charge >= 0.3 is 0 Å². The molecule has 67 heavy (non-hydrogen) atoms. The predicted molar refractivity (Wildman–Crippen MR) is 264 cm³/mol. The lowest BCUT2D eigenvalue weighted by Crippen LogP contribution is -2.46. The van der Waals surface area contributed by atoms with E-state index in [-0.39, 0.29) is 23.2 Å². The number of aliphatic imine (C=N–C) groups is 1. The van der Waals surface area contributed by atoms with Crippen molar-refractivity contribution in [3.63, 3.8) is 0 Å². The highest BCUT2D eigenvalue weighted by Gasteiger charge is 2.52. The number of hydrogen-bond acceptors (Lipinski definition) is 14. The first kappa shape index (κ1) is 47.0. The van der Waals surface area contributed by atoms with Crippen LogP contribution in [-0.2, 0) is 24.3 Å². The summed E-state index contributed by atoms with van der Waals surface area (Å²) in [5, 5.41) is 0.0490. The van der Waals surface area contributed by atoms with Crippen molar-refractivity contribution in [2.45, 2.75) is 55.5 Å². The summed E-state index contributed by atoms with van der Waals surface area (Å²) < 4.78 is 44.8. The van der Waals surface area contributed by atoms with Crippen LogP contribution >= 0.6 is 30.6 Å². The van der Waals surface area contributed by atoms with Crippen LogP contribution in [0.15, 0.2) is 125 Å². The zero-order chi connectivity index (χ0) is 46.3. The van der Waals surface area contributed by atoms with Gasteiger partial charge in [-0.1, -0.05) is 108 Å². The lowest BCUT2D eigenvalue weighted by atomic mass is 9.79. The van der Waals surface area contributed by atoms with E-state index in [9.17, 15) is 9.59 Å². The maximum Gasteiger partial charge on any atom is 0.280 e. The molecule has 6 heterocycles. The minimum atomic E-state index is -1.24. The molecule has 10 rings (SSSR count). The Bertz CT molecular complexity index is 2620. The van der Waals surface area contributed by atoms with Gasteiger partial charge in [-0.15, -0.1) is 0 Å². The first-order valence-corrected chi connectivity index (χ1v) is 26.1. The van der Waals surface area contributed by atoms with Crippen LogP contribution in [0.1, 0.15) is 52.5 Å². The molecule has 2 aromatic heterocycles. The lowest BCUT2D eigenvalue weighted by Gasteiger charge is -2.41. The van der Waals surface area contributed by atoms with Crippen LogP contribution in [0.25, 0.3) is 11.2 Å². The Morgan fingerprint density at radius 2 is 1.54 bits per heavy atom. The molecule has 350 valence electrons. The van der Waals surface area contributed by atoms with Crippen molar-refractivity contribution >= 4 is 59.2 Å². The molecule has 4 unspecified atom stereocenters. The molecule has 4 aliphatic heterocycles. The van der Waals surface area contributed by atoms with Crippen LogP contribution in [0.3, 0.4) is 0 Å². The van der Waals surface area contributed by atoms with Gasteiger partial charge in [0.05, 0.1) is 45.7 Å². The molecule has 1 N–H and O–H groups in total. The van der Waals surface area contributed by atoms with Gasteiger partial charge in [-0.2, -0.15) is 4.98 Å². The number of benzene rings is 4. The first-order valence-electron chi connectivity index (χ1n) is 22.3. The average molecular weight is 964 g/mol. The quantitative estimate of drug-likeness (QED) is 0.0288. The predicted octanol–water partition coefficient (Wildman–Crippen LogP) is 8.44. The Labute approximate surface area is 399 Å². The zero-order valence-corrected chi connectivity index (χ0v) is 40.3. The molecule has 0 saturated carbocycles. The number of rotatable bonds is 18. The number of thioether (sulfide) groups is 1. The highest BCUT2D eigenvalue weighted by molar-refractivity contribution is 8.53. The van der Waals surface area contributed by atoms with E-state index >= 15 is 0 Å². The van der Waals surface area contributed by atoms with Gasteiger partial charge in [0.2, 0.25) is 11.1 Å². The maximum atomic E-state index is 13.4. The third-order valence-electron chi connectivity index (χ3n) is 12.0. The number of aromatic nitrogens is 4. The number of nitrogens with one attached hydrogen (secondary N) is 1.